The molecule has 1 aliphatic rings. The number of rotatable bonds is 7. The lowest BCUT2D eigenvalue weighted by molar-refractivity contribution is 0.0991. The first-order valence-corrected chi connectivity index (χ1v) is 11.5. The zero-order valence-electron chi connectivity index (χ0n) is 16.7. The SMILES string of the molecule is O=C(Nc1cccc(CS(=O)C2CCOCC2)c1)c1ccc(Cn2ccnc2)cc1. The maximum atomic E-state index is 12.6. The van der Waals surface area contributed by atoms with E-state index in [1.165, 1.54) is 0 Å². The third-order valence-electron chi connectivity index (χ3n) is 5.17. The minimum absolute atomic E-state index is 0.160. The van der Waals surface area contributed by atoms with Crippen molar-refractivity contribution in [3.05, 3.63) is 83.9 Å². The van der Waals surface area contributed by atoms with Gasteiger partial charge in [0.25, 0.3) is 5.91 Å². The quantitative estimate of drug-likeness (QED) is 0.630. The Kier molecular flexibility index (Phi) is 6.71. The van der Waals surface area contributed by atoms with Gasteiger partial charge in [0, 0.05) is 65.2 Å². The summed E-state index contributed by atoms with van der Waals surface area (Å²) in [6.07, 6.45) is 7.11. The predicted octanol–water partition coefficient (Wildman–Crippen LogP) is 3.61. The van der Waals surface area contributed by atoms with Gasteiger partial charge in [0.2, 0.25) is 0 Å². The summed E-state index contributed by atoms with van der Waals surface area (Å²) in [7, 11) is -0.930. The Morgan fingerprint density at radius 2 is 1.93 bits per heavy atom. The summed E-state index contributed by atoms with van der Waals surface area (Å²) in [5.41, 5.74) is 3.37. The van der Waals surface area contributed by atoms with Gasteiger partial charge in [-0.25, -0.2) is 4.98 Å². The van der Waals surface area contributed by atoms with Gasteiger partial charge >= 0.3 is 0 Å². The highest BCUT2D eigenvalue weighted by Crippen LogP contribution is 2.19. The molecule has 6 nitrogen and oxygen atoms in total. The van der Waals surface area contributed by atoms with Gasteiger partial charge in [0.05, 0.1) is 6.33 Å². The zero-order chi connectivity index (χ0) is 20.8. The van der Waals surface area contributed by atoms with E-state index >= 15 is 0 Å². The van der Waals surface area contributed by atoms with E-state index in [1.54, 1.807) is 12.5 Å². The molecule has 0 spiro atoms. The number of amides is 1. The van der Waals surface area contributed by atoms with Crippen LogP contribution in [0.4, 0.5) is 5.69 Å². The molecule has 1 aromatic heterocycles. The van der Waals surface area contributed by atoms with E-state index in [-0.39, 0.29) is 11.2 Å². The van der Waals surface area contributed by atoms with Gasteiger partial charge in [-0.05, 0) is 48.2 Å². The number of nitrogens with one attached hydrogen (secondary N) is 1. The Bertz CT molecular complexity index is 997. The lowest BCUT2D eigenvalue weighted by Gasteiger charge is -2.21. The molecular weight excluding hydrogens is 398 g/mol. The van der Waals surface area contributed by atoms with Gasteiger partial charge in [0.1, 0.15) is 0 Å². The molecule has 0 aliphatic carbocycles. The zero-order valence-corrected chi connectivity index (χ0v) is 17.5. The molecule has 1 amide bonds. The topological polar surface area (TPSA) is 73.2 Å². The second-order valence-electron chi connectivity index (χ2n) is 7.42. The van der Waals surface area contributed by atoms with Gasteiger partial charge in [-0.2, -0.15) is 0 Å². The molecule has 156 valence electrons. The molecule has 2 heterocycles. The Labute approximate surface area is 178 Å². The first-order valence-electron chi connectivity index (χ1n) is 10.1. The van der Waals surface area contributed by atoms with Crippen LogP contribution < -0.4 is 5.32 Å². The number of hydrogen-bond donors (Lipinski definition) is 1. The number of anilines is 1. The highest BCUT2D eigenvalue weighted by atomic mass is 32.2. The van der Waals surface area contributed by atoms with E-state index < -0.39 is 10.8 Å². The molecule has 3 aromatic rings. The number of hydrogen-bond acceptors (Lipinski definition) is 4. The Balaban J connectivity index is 1.36. The van der Waals surface area contributed by atoms with E-state index in [0.717, 1.165) is 24.0 Å². The number of carbonyl (C=O) groups is 1. The van der Waals surface area contributed by atoms with Crippen LogP contribution in [0, 0.1) is 0 Å². The van der Waals surface area contributed by atoms with Crippen LogP contribution in [-0.4, -0.2) is 38.1 Å². The number of imidazole rings is 1. The lowest BCUT2D eigenvalue weighted by atomic mass is 10.1. The highest BCUT2D eigenvalue weighted by molar-refractivity contribution is 7.84. The minimum Gasteiger partial charge on any atom is -0.381 e. The van der Waals surface area contributed by atoms with E-state index in [9.17, 15) is 9.00 Å². The third kappa shape index (κ3) is 5.43. The minimum atomic E-state index is -0.930. The van der Waals surface area contributed by atoms with Crippen molar-refractivity contribution in [2.75, 3.05) is 18.5 Å². The van der Waals surface area contributed by atoms with Gasteiger partial charge in [0.15, 0.2) is 0 Å². The van der Waals surface area contributed by atoms with Crippen molar-refractivity contribution >= 4 is 22.4 Å². The Morgan fingerprint density at radius 3 is 2.67 bits per heavy atom. The molecular formula is C23H25N3O3S. The van der Waals surface area contributed by atoms with Crippen LogP contribution in [-0.2, 0) is 27.8 Å². The number of carbonyl (C=O) groups excluding carboxylic acids is 1. The average Bonchev–Trinajstić information content (AvgIpc) is 3.28. The second-order valence-corrected chi connectivity index (χ2v) is 9.14. The molecule has 1 fully saturated rings. The standard InChI is InChI=1S/C23H25N3O3S/c27-23(20-6-4-18(5-7-20)15-26-11-10-24-17-26)25-21-3-1-2-19(14-21)16-30(28)22-8-12-29-13-9-22/h1-7,10-11,14,17,22H,8-9,12-13,15-16H2,(H,25,27). The summed E-state index contributed by atoms with van der Waals surface area (Å²) < 4.78 is 20.0. The maximum Gasteiger partial charge on any atom is 0.255 e. The van der Waals surface area contributed by atoms with Gasteiger partial charge in [-0.1, -0.05) is 24.3 Å². The summed E-state index contributed by atoms with van der Waals surface area (Å²) in [4.78, 5) is 16.7. The van der Waals surface area contributed by atoms with E-state index in [4.69, 9.17) is 4.74 Å². The van der Waals surface area contributed by atoms with Crippen molar-refractivity contribution in [2.24, 2.45) is 0 Å². The maximum absolute atomic E-state index is 12.6. The van der Waals surface area contributed by atoms with Crippen molar-refractivity contribution < 1.29 is 13.7 Å². The van der Waals surface area contributed by atoms with E-state index in [1.807, 2.05) is 59.3 Å². The number of benzene rings is 2. The van der Waals surface area contributed by atoms with Gasteiger partial charge < -0.3 is 14.6 Å². The van der Waals surface area contributed by atoms with Crippen LogP contribution in [0.3, 0.4) is 0 Å². The summed E-state index contributed by atoms with van der Waals surface area (Å²) in [6, 6.07) is 15.1. The molecule has 7 heteroatoms. The molecule has 0 radical (unpaired) electrons. The van der Waals surface area contributed by atoms with Crippen LogP contribution in [0.15, 0.2) is 67.3 Å². The van der Waals surface area contributed by atoms with Gasteiger partial charge in [-0.3, -0.25) is 9.00 Å². The molecule has 1 unspecified atom stereocenters. The monoisotopic (exact) mass is 423 g/mol. The molecule has 1 aliphatic heterocycles. The summed E-state index contributed by atoms with van der Waals surface area (Å²) in [5.74, 6) is 0.337. The fourth-order valence-corrected chi connectivity index (χ4v) is 4.98. The second kappa shape index (κ2) is 9.82. The summed E-state index contributed by atoms with van der Waals surface area (Å²) in [6.45, 7) is 2.09. The fourth-order valence-electron chi connectivity index (χ4n) is 3.52. The van der Waals surface area contributed by atoms with Crippen LogP contribution in [0.25, 0.3) is 0 Å². The molecule has 4 rings (SSSR count). The largest absolute Gasteiger partial charge is 0.381 e. The average molecular weight is 424 g/mol. The normalized spacial score (nSPS) is 15.6. The predicted molar refractivity (Wildman–Crippen MR) is 118 cm³/mol. The van der Waals surface area contributed by atoms with E-state index in [2.05, 4.69) is 10.3 Å². The smallest absolute Gasteiger partial charge is 0.255 e. The number of ether oxygens (including phenoxy) is 1. The molecule has 0 bridgehead atoms. The Morgan fingerprint density at radius 1 is 1.13 bits per heavy atom. The van der Waals surface area contributed by atoms with Crippen molar-refractivity contribution in [3.8, 4) is 0 Å². The van der Waals surface area contributed by atoms with Crippen molar-refractivity contribution in [2.45, 2.75) is 30.4 Å². The van der Waals surface area contributed by atoms with Crippen LogP contribution in [0.1, 0.15) is 34.3 Å². The summed E-state index contributed by atoms with van der Waals surface area (Å²) in [5, 5.41) is 3.14. The van der Waals surface area contributed by atoms with Crippen LogP contribution in [0.5, 0.6) is 0 Å². The summed E-state index contributed by atoms with van der Waals surface area (Å²) >= 11 is 0. The highest BCUT2D eigenvalue weighted by Gasteiger charge is 2.20. The van der Waals surface area contributed by atoms with Crippen molar-refractivity contribution in [1.29, 1.82) is 0 Å². The van der Waals surface area contributed by atoms with Crippen molar-refractivity contribution in [1.82, 2.24) is 9.55 Å². The van der Waals surface area contributed by atoms with Crippen LogP contribution in [0.2, 0.25) is 0 Å². The first-order chi connectivity index (χ1) is 14.7. The van der Waals surface area contributed by atoms with E-state index in [0.29, 0.717) is 36.8 Å². The molecule has 1 N–H and O–H groups in total. The number of aromatic nitrogens is 2. The molecule has 0 saturated carbocycles. The van der Waals surface area contributed by atoms with Crippen molar-refractivity contribution in [3.63, 3.8) is 0 Å². The number of nitrogens with zero attached hydrogens (tertiary/aromatic N) is 2. The lowest BCUT2D eigenvalue weighted by Crippen LogP contribution is -2.25. The first kappa shape index (κ1) is 20.5. The van der Waals surface area contributed by atoms with Gasteiger partial charge in [-0.15, -0.1) is 0 Å². The molecule has 2 aromatic carbocycles. The third-order valence-corrected chi connectivity index (χ3v) is 7.01. The molecule has 1 saturated heterocycles. The fraction of sp³-hybridized carbons (Fsp3) is 0.304. The van der Waals surface area contributed by atoms with Crippen LogP contribution >= 0.6 is 0 Å². The molecule has 1 atom stereocenters. The molecule has 30 heavy (non-hydrogen) atoms. The Hall–Kier alpha value is -2.77.